The maximum absolute atomic E-state index is 2.24. The van der Waals surface area contributed by atoms with Crippen molar-refractivity contribution in [3.05, 3.63) is 64.5 Å². The van der Waals surface area contributed by atoms with Crippen LogP contribution in [0.1, 0.15) is 16.0 Å². The molecule has 1 heterocycles. The Morgan fingerprint density at radius 2 is 1.68 bits per heavy atom. The summed E-state index contributed by atoms with van der Waals surface area (Å²) in [5.74, 6) is 1.05. The molecule has 0 N–H and O–H groups in total. The molecule has 0 fully saturated rings. The second-order valence-corrected chi connectivity index (χ2v) is 7.04. The van der Waals surface area contributed by atoms with Gasteiger partial charge in [-0.2, -0.15) is 0 Å². The number of benzene rings is 2. The van der Waals surface area contributed by atoms with Crippen LogP contribution < -0.4 is 0 Å². The number of hydrogen-bond donors (Lipinski definition) is 0. The zero-order chi connectivity index (χ0) is 13.2. The van der Waals surface area contributed by atoms with E-state index in [2.05, 4.69) is 62.4 Å². The molecule has 0 saturated heterocycles. The molecule has 0 aliphatic rings. The average Bonchev–Trinajstić information content (AvgIpc) is 2.74. The lowest BCUT2D eigenvalue weighted by atomic mass is 10.1. The third-order valence-electron chi connectivity index (χ3n) is 3.30. The molecule has 96 valence electrons. The summed E-state index contributed by atoms with van der Waals surface area (Å²) < 4.78 is 1.40. The second kappa shape index (κ2) is 5.40. The Balaban J connectivity index is 1.85. The molecule has 0 bridgehead atoms. The van der Waals surface area contributed by atoms with E-state index in [1.165, 1.54) is 31.0 Å². The van der Waals surface area contributed by atoms with Gasteiger partial charge in [-0.05, 0) is 43.0 Å². The lowest BCUT2D eigenvalue weighted by Crippen LogP contribution is -1.82. The Kier molecular flexibility index (Phi) is 3.63. The van der Waals surface area contributed by atoms with Crippen molar-refractivity contribution in [2.24, 2.45) is 0 Å². The SMILES string of the molecule is Cc1ccc(SCc2c(C)sc3ccccc23)cc1. The molecule has 0 spiro atoms. The van der Waals surface area contributed by atoms with Gasteiger partial charge in [0, 0.05) is 20.2 Å². The monoisotopic (exact) mass is 284 g/mol. The number of aryl methyl sites for hydroxylation is 2. The summed E-state index contributed by atoms with van der Waals surface area (Å²) in [7, 11) is 0. The van der Waals surface area contributed by atoms with Gasteiger partial charge in [0.15, 0.2) is 0 Å². The standard InChI is InChI=1S/C17H16S2/c1-12-7-9-14(10-8-12)18-11-16-13(2)19-17-6-4-3-5-15(16)17/h3-10H,11H2,1-2H3. The van der Waals surface area contributed by atoms with E-state index in [4.69, 9.17) is 0 Å². The molecule has 0 aliphatic heterocycles. The summed E-state index contributed by atoms with van der Waals surface area (Å²) in [5.41, 5.74) is 2.81. The Hall–Kier alpha value is -1.25. The highest BCUT2D eigenvalue weighted by Gasteiger charge is 2.08. The highest BCUT2D eigenvalue weighted by Crippen LogP contribution is 2.34. The first-order chi connectivity index (χ1) is 9.24. The van der Waals surface area contributed by atoms with Crippen LogP contribution in [0, 0.1) is 13.8 Å². The first kappa shape index (κ1) is 12.8. The second-order valence-electron chi connectivity index (χ2n) is 4.73. The average molecular weight is 284 g/mol. The van der Waals surface area contributed by atoms with E-state index in [-0.39, 0.29) is 0 Å². The van der Waals surface area contributed by atoms with Gasteiger partial charge in [-0.25, -0.2) is 0 Å². The number of thiophene rings is 1. The maximum Gasteiger partial charge on any atom is 0.0348 e. The van der Waals surface area contributed by atoms with Crippen LogP contribution in [0.5, 0.6) is 0 Å². The molecule has 1 aromatic heterocycles. The van der Waals surface area contributed by atoms with E-state index in [0.29, 0.717) is 0 Å². The number of hydrogen-bond acceptors (Lipinski definition) is 2. The van der Waals surface area contributed by atoms with E-state index in [1.807, 2.05) is 23.1 Å². The predicted molar refractivity (Wildman–Crippen MR) is 87.3 cm³/mol. The van der Waals surface area contributed by atoms with Crippen molar-refractivity contribution in [1.29, 1.82) is 0 Å². The normalized spacial score (nSPS) is 11.1. The zero-order valence-electron chi connectivity index (χ0n) is 11.1. The third-order valence-corrected chi connectivity index (χ3v) is 5.47. The van der Waals surface area contributed by atoms with Crippen LogP contribution in [0.15, 0.2) is 53.4 Å². The Labute approximate surface area is 122 Å². The molecule has 0 nitrogen and oxygen atoms in total. The molecule has 0 radical (unpaired) electrons. The van der Waals surface area contributed by atoms with Crippen molar-refractivity contribution < 1.29 is 0 Å². The molecular weight excluding hydrogens is 268 g/mol. The van der Waals surface area contributed by atoms with Crippen LogP contribution in [0.2, 0.25) is 0 Å². The summed E-state index contributed by atoms with van der Waals surface area (Å²) in [6.45, 7) is 4.36. The molecule has 2 heteroatoms. The van der Waals surface area contributed by atoms with Crippen molar-refractivity contribution in [2.75, 3.05) is 0 Å². The molecule has 3 rings (SSSR count). The van der Waals surface area contributed by atoms with Gasteiger partial charge in [-0.3, -0.25) is 0 Å². The number of fused-ring (bicyclic) bond motifs is 1. The molecule has 2 aromatic carbocycles. The zero-order valence-corrected chi connectivity index (χ0v) is 12.8. The summed E-state index contributed by atoms with van der Waals surface area (Å²) >= 11 is 3.83. The smallest absolute Gasteiger partial charge is 0.0348 e. The Morgan fingerprint density at radius 3 is 2.47 bits per heavy atom. The number of thioether (sulfide) groups is 1. The van der Waals surface area contributed by atoms with Gasteiger partial charge in [0.05, 0.1) is 0 Å². The third kappa shape index (κ3) is 2.70. The molecule has 19 heavy (non-hydrogen) atoms. The van der Waals surface area contributed by atoms with Gasteiger partial charge >= 0.3 is 0 Å². The van der Waals surface area contributed by atoms with Gasteiger partial charge in [0.2, 0.25) is 0 Å². The van der Waals surface area contributed by atoms with E-state index < -0.39 is 0 Å². The molecule has 0 atom stereocenters. The van der Waals surface area contributed by atoms with Crippen LogP contribution in [-0.4, -0.2) is 0 Å². The van der Waals surface area contributed by atoms with E-state index in [0.717, 1.165) is 5.75 Å². The van der Waals surface area contributed by atoms with Crippen molar-refractivity contribution in [3.8, 4) is 0 Å². The molecule has 3 aromatic rings. The van der Waals surface area contributed by atoms with Crippen LogP contribution >= 0.6 is 23.1 Å². The fraction of sp³-hybridized carbons (Fsp3) is 0.176. The molecule has 0 amide bonds. The maximum atomic E-state index is 2.24. The van der Waals surface area contributed by atoms with Gasteiger partial charge in [-0.15, -0.1) is 23.1 Å². The summed E-state index contributed by atoms with van der Waals surface area (Å²) in [6, 6.07) is 17.5. The largest absolute Gasteiger partial charge is 0.140 e. The summed E-state index contributed by atoms with van der Waals surface area (Å²) in [6.07, 6.45) is 0. The first-order valence-electron chi connectivity index (χ1n) is 6.40. The van der Waals surface area contributed by atoms with Gasteiger partial charge < -0.3 is 0 Å². The van der Waals surface area contributed by atoms with Crippen molar-refractivity contribution >= 4 is 33.2 Å². The highest BCUT2D eigenvalue weighted by atomic mass is 32.2. The summed E-state index contributed by atoms with van der Waals surface area (Å²) in [5, 5.41) is 1.42. The lowest BCUT2D eigenvalue weighted by Gasteiger charge is -2.03. The van der Waals surface area contributed by atoms with Gasteiger partial charge in [0.25, 0.3) is 0 Å². The van der Waals surface area contributed by atoms with Crippen LogP contribution in [0.4, 0.5) is 0 Å². The summed E-state index contributed by atoms with van der Waals surface area (Å²) in [4.78, 5) is 2.79. The quantitative estimate of drug-likeness (QED) is 0.547. The molecule has 0 aliphatic carbocycles. The first-order valence-corrected chi connectivity index (χ1v) is 8.21. The minimum Gasteiger partial charge on any atom is -0.140 e. The van der Waals surface area contributed by atoms with Crippen molar-refractivity contribution in [1.82, 2.24) is 0 Å². The highest BCUT2D eigenvalue weighted by molar-refractivity contribution is 7.98. The molecule has 0 saturated carbocycles. The van der Waals surface area contributed by atoms with Crippen LogP contribution in [0.25, 0.3) is 10.1 Å². The predicted octanol–water partition coefficient (Wildman–Crippen LogP) is 5.81. The van der Waals surface area contributed by atoms with E-state index in [1.54, 1.807) is 0 Å². The Morgan fingerprint density at radius 1 is 0.947 bits per heavy atom. The lowest BCUT2D eigenvalue weighted by molar-refractivity contribution is 1.35. The minimum atomic E-state index is 1.05. The molecule has 0 unspecified atom stereocenters. The number of rotatable bonds is 3. The Bertz CT molecular complexity index is 693. The van der Waals surface area contributed by atoms with Crippen molar-refractivity contribution in [2.45, 2.75) is 24.5 Å². The fourth-order valence-electron chi connectivity index (χ4n) is 2.19. The fourth-order valence-corrected chi connectivity index (χ4v) is 4.38. The van der Waals surface area contributed by atoms with Gasteiger partial charge in [-0.1, -0.05) is 35.9 Å². The van der Waals surface area contributed by atoms with Gasteiger partial charge in [0.1, 0.15) is 0 Å². The topological polar surface area (TPSA) is 0 Å². The van der Waals surface area contributed by atoms with E-state index in [9.17, 15) is 0 Å². The van der Waals surface area contributed by atoms with E-state index >= 15 is 0 Å². The van der Waals surface area contributed by atoms with Crippen LogP contribution in [0.3, 0.4) is 0 Å². The molecular formula is C17H16S2. The minimum absolute atomic E-state index is 1.05. The van der Waals surface area contributed by atoms with Crippen molar-refractivity contribution in [3.63, 3.8) is 0 Å². The van der Waals surface area contributed by atoms with Crippen LogP contribution in [-0.2, 0) is 5.75 Å².